The van der Waals surface area contributed by atoms with E-state index in [4.69, 9.17) is 17.3 Å². The first-order chi connectivity index (χ1) is 8.81. The topological polar surface area (TPSA) is 98.5 Å². The largest absolute Gasteiger partial charge is 0.456 e. The van der Waals surface area contributed by atoms with Gasteiger partial charge in [-0.3, -0.25) is 14.4 Å². The van der Waals surface area contributed by atoms with Gasteiger partial charge in [0.25, 0.3) is 11.8 Å². The van der Waals surface area contributed by atoms with Crippen LogP contribution >= 0.6 is 34.2 Å². The van der Waals surface area contributed by atoms with Crippen LogP contribution in [0.4, 0.5) is 5.69 Å². The van der Waals surface area contributed by atoms with Crippen LogP contribution in [0, 0.1) is 3.57 Å². The number of hydrogen-bond acceptors (Lipinski definition) is 4. The van der Waals surface area contributed by atoms with Crippen molar-refractivity contribution in [2.45, 2.75) is 6.92 Å². The van der Waals surface area contributed by atoms with Crippen LogP contribution in [-0.4, -0.2) is 24.4 Å². The van der Waals surface area contributed by atoms with E-state index in [2.05, 4.69) is 10.1 Å². The molecule has 0 aromatic heterocycles. The lowest BCUT2D eigenvalue weighted by atomic mass is 10.1. The SMILES string of the molecule is CC(=O)OCC(=O)Nc1c(I)cc(Cl)cc1C(N)=O. The van der Waals surface area contributed by atoms with Gasteiger partial charge in [0.05, 0.1) is 11.3 Å². The number of carbonyl (C=O) groups is 3. The second-order valence-electron chi connectivity index (χ2n) is 3.50. The van der Waals surface area contributed by atoms with E-state index in [1.165, 1.54) is 13.0 Å². The van der Waals surface area contributed by atoms with E-state index in [1.807, 2.05) is 22.6 Å². The zero-order valence-electron chi connectivity index (χ0n) is 9.83. The lowest BCUT2D eigenvalue weighted by Gasteiger charge is -2.11. The van der Waals surface area contributed by atoms with Gasteiger partial charge in [0.2, 0.25) is 0 Å². The number of hydrogen-bond donors (Lipinski definition) is 2. The van der Waals surface area contributed by atoms with Gasteiger partial charge in [-0.05, 0) is 34.7 Å². The number of primary amides is 1. The van der Waals surface area contributed by atoms with E-state index in [0.29, 0.717) is 8.59 Å². The Morgan fingerprint density at radius 2 is 2.05 bits per heavy atom. The summed E-state index contributed by atoms with van der Waals surface area (Å²) in [5.74, 6) is -1.86. The molecule has 1 rings (SSSR count). The van der Waals surface area contributed by atoms with Gasteiger partial charge in [-0.2, -0.15) is 0 Å². The number of halogens is 2. The summed E-state index contributed by atoms with van der Waals surface area (Å²) in [6.07, 6.45) is 0. The second-order valence-corrected chi connectivity index (χ2v) is 5.10. The Bertz CT molecular complexity index is 548. The van der Waals surface area contributed by atoms with E-state index in [0.717, 1.165) is 0 Å². The average molecular weight is 397 g/mol. The molecule has 6 nitrogen and oxygen atoms in total. The molecule has 0 saturated carbocycles. The minimum absolute atomic E-state index is 0.0908. The van der Waals surface area contributed by atoms with Gasteiger partial charge >= 0.3 is 5.97 Å². The highest BCUT2D eigenvalue weighted by Crippen LogP contribution is 2.27. The number of ether oxygens (including phenoxy) is 1. The lowest BCUT2D eigenvalue weighted by Crippen LogP contribution is -2.23. The standard InChI is InChI=1S/C11H10ClIN2O4/c1-5(16)19-4-9(17)15-10-7(11(14)18)2-6(12)3-8(10)13/h2-3H,4H2,1H3,(H2,14,18)(H,15,17). The maximum atomic E-state index is 11.6. The maximum absolute atomic E-state index is 11.6. The van der Waals surface area contributed by atoms with Crippen molar-refractivity contribution in [1.29, 1.82) is 0 Å². The molecule has 0 fully saturated rings. The number of benzene rings is 1. The molecular formula is C11H10ClIN2O4. The molecule has 1 aromatic rings. The summed E-state index contributed by atoms with van der Waals surface area (Å²) in [6, 6.07) is 2.92. The van der Waals surface area contributed by atoms with Crippen LogP contribution in [0.3, 0.4) is 0 Å². The summed E-state index contributed by atoms with van der Waals surface area (Å²) >= 11 is 7.72. The molecule has 0 atom stereocenters. The minimum Gasteiger partial charge on any atom is -0.456 e. The van der Waals surface area contributed by atoms with Crippen molar-refractivity contribution in [3.05, 3.63) is 26.3 Å². The summed E-state index contributed by atoms with van der Waals surface area (Å²) in [4.78, 5) is 33.4. The van der Waals surface area contributed by atoms with Crippen LogP contribution < -0.4 is 11.1 Å². The van der Waals surface area contributed by atoms with Crippen LogP contribution in [-0.2, 0) is 14.3 Å². The molecule has 0 aliphatic carbocycles. The fourth-order valence-electron chi connectivity index (χ4n) is 1.24. The smallest absolute Gasteiger partial charge is 0.303 e. The van der Waals surface area contributed by atoms with Crippen LogP contribution in [0.2, 0.25) is 5.02 Å². The van der Waals surface area contributed by atoms with Gasteiger partial charge in [0.15, 0.2) is 6.61 Å². The van der Waals surface area contributed by atoms with Crippen LogP contribution in [0.5, 0.6) is 0 Å². The van der Waals surface area contributed by atoms with Crippen molar-refractivity contribution in [1.82, 2.24) is 0 Å². The molecule has 0 aliphatic rings. The molecule has 0 saturated heterocycles. The molecule has 0 aliphatic heterocycles. The molecule has 0 unspecified atom stereocenters. The first-order valence-corrected chi connectivity index (χ1v) is 6.49. The first kappa shape index (κ1) is 15.7. The quantitative estimate of drug-likeness (QED) is 0.596. The summed E-state index contributed by atoms with van der Waals surface area (Å²) in [7, 11) is 0. The predicted octanol–water partition coefficient (Wildman–Crippen LogP) is 1.55. The number of carbonyl (C=O) groups excluding carboxylic acids is 3. The predicted molar refractivity (Wildman–Crippen MR) is 77.9 cm³/mol. The number of anilines is 1. The third-order valence-electron chi connectivity index (χ3n) is 1.99. The second kappa shape index (κ2) is 6.71. The van der Waals surface area contributed by atoms with Gasteiger partial charge < -0.3 is 15.8 Å². The summed E-state index contributed by atoms with van der Waals surface area (Å²) in [5.41, 5.74) is 5.55. The van der Waals surface area contributed by atoms with Crippen molar-refractivity contribution < 1.29 is 19.1 Å². The van der Waals surface area contributed by atoms with Crippen molar-refractivity contribution >= 4 is 57.7 Å². The van der Waals surface area contributed by atoms with Crippen molar-refractivity contribution in [3.63, 3.8) is 0 Å². The molecule has 102 valence electrons. The van der Waals surface area contributed by atoms with Crippen LogP contribution in [0.15, 0.2) is 12.1 Å². The summed E-state index contributed by atoms with van der Waals surface area (Å²) < 4.78 is 5.10. The highest BCUT2D eigenvalue weighted by molar-refractivity contribution is 14.1. The number of nitrogens with one attached hydrogen (secondary N) is 1. The number of nitrogens with two attached hydrogens (primary N) is 1. The number of amides is 2. The highest BCUT2D eigenvalue weighted by atomic mass is 127. The molecule has 19 heavy (non-hydrogen) atoms. The minimum atomic E-state index is -0.719. The molecule has 0 radical (unpaired) electrons. The van der Waals surface area contributed by atoms with Crippen molar-refractivity contribution in [2.75, 3.05) is 11.9 Å². The monoisotopic (exact) mass is 396 g/mol. The molecule has 0 heterocycles. The van der Waals surface area contributed by atoms with Crippen LogP contribution in [0.25, 0.3) is 0 Å². The van der Waals surface area contributed by atoms with Crippen LogP contribution in [0.1, 0.15) is 17.3 Å². The summed E-state index contributed by atoms with van der Waals surface area (Å²) in [5, 5.41) is 2.79. The van der Waals surface area contributed by atoms with Crippen molar-refractivity contribution in [2.24, 2.45) is 5.73 Å². The van der Waals surface area contributed by atoms with E-state index in [1.54, 1.807) is 6.07 Å². The van der Waals surface area contributed by atoms with E-state index in [9.17, 15) is 14.4 Å². The first-order valence-electron chi connectivity index (χ1n) is 5.03. The van der Waals surface area contributed by atoms with Gasteiger partial charge in [0.1, 0.15) is 0 Å². The molecule has 0 bridgehead atoms. The zero-order chi connectivity index (χ0) is 14.6. The third-order valence-corrected chi connectivity index (χ3v) is 3.06. The van der Waals surface area contributed by atoms with E-state index < -0.39 is 24.4 Å². The Morgan fingerprint density at radius 3 is 2.58 bits per heavy atom. The Balaban J connectivity index is 2.97. The normalized spacial score (nSPS) is 9.84. The Hall–Kier alpha value is -1.35. The highest BCUT2D eigenvalue weighted by Gasteiger charge is 2.16. The van der Waals surface area contributed by atoms with Gasteiger partial charge in [0, 0.05) is 15.5 Å². The molecule has 0 spiro atoms. The fraction of sp³-hybridized carbons (Fsp3) is 0.182. The van der Waals surface area contributed by atoms with Crippen molar-refractivity contribution in [3.8, 4) is 0 Å². The zero-order valence-corrected chi connectivity index (χ0v) is 12.7. The van der Waals surface area contributed by atoms with E-state index in [-0.39, 0.29) is 11.3 Å². The number of rotatable bonds is 4. The fourth-order valence-corrected chi connectivity index (χ4v) is 2.40. The van der Waals surface area contributed by atoms with Gasteiger partial charge in [-0.15, -0.1) is 0 Å². The average Bonchev–Trinajstić information content (AvgIpc) is 2.29. The molecule has 8 heteroatoms. The Morgan fingerprint density at radius 1 is 1.42 bits per heavy atom. The Kier molecular flexibility index (Phi) is 5.55. The molecule has 2 amide bonds. The molecular weight excluding hydrogens is 386 g/mol. The Labute approximate surface area is 127 Å². The number of esters is 1. The van der Waals surface area contributed by atoms with E-state index >= 15 is 0 Å². The summed E-state index contributed by atoms with van der Waals surface area (Å²) in [6.45, 7) is 0.750. The molecule has 3 N–H and O–H groups in total. The van der Waals surface area contributed by atoms with Gasteiger partial charge in [-0.25, -0.2) is 0 Å². The maximum Gasteiger partial charge on any atom is 0.303 e. The lowest BCUT2D eigenvalue weighted by molar-refractivity contribution is -0.144. The molecule has 1 aromatic carbocycles. The van der Waals surface area contributed by atoms with Gasteiger partial charge in [-0.1, -0.05) is 11.6 Å². The third kappa shape index (κ3) is 4.67.